The summed E-state index contributed by atoms with van der Waals surface area (Å²) in [6.07, 6.45) is -1.13. The average molecular weight is 593 g/mol. The van der Waals surface area contributed by atoms with Crippen molar-refractivity contribution < 1.29 is 13.2 Å². The van der Waals surface area contributed by atoms with E-state index in [1.54, 1.807) is 17.0 Å². The highest BCUT2D eigenvalue weighted by molar-refractivity contribution is 6.11. The largest absolute Gasteiger partial charge is 0.416 e. The monoisotopic (exact) mass is 592 g/mol. The molecule has 0 fully saturated rings. The number of halogens is 3. The van der Waals surface area contributed by atoms with Gasteiger partial charge in [0, 0.05) is 33.9 Å². The van der Waals surface area contributed by atoms with Crippen LogP contribution in [0.2, 0.25) is 0 Å². The third-order valence-electron chi connectivity index (χ3n) is 8.53. The molecule has 0 N–H and O–H groups in total. The van der Waals surface area contributed by atoms with Crippen molar-refractivity contribution in [2.45, 2.75) is 13.1 Å². The second kappa shape index (κ2) is 9.83. The molecular weight excluding hydrogens is 569 g/mol. The zero-order valence-corrected chi connectivity index (χ0v) is 24.0. The van der Waals surface area contributed by atoms with Crippen molar-refractivity contribution in [1.29, 1.82) is 5.26 Å². The molecular formula is C38H23F3N4. The van der Waals surface area contributed by atoms with Gasteiger partial charge in [0.25, 0.3) is 0 Å². The molecule has 3 aromatic heterocycles. The fourth-order valence-electron chi connectivity index (χ4n) is 6.54. The van der Waals surface area contributed by atoms with Gasteiger partial charge >= 0.3 is 6.18 Å². The molecule has 0 bridgehead atoms. The van der Waals surface area contributed by atoms with E-state index >= 15 is 0 Å². The SMILES string of the molecule is Cc1ccc2c3ccccc3n(-c3cc(-c4ccncc4)cc(-n4c5ccccc5c5ccc(C(F)(F)F)cc54)c3C#N)c2c1. The summed E-state index contributed by atoms with van der Waals surface area (Å²) in [4.78, 5) is 4.19. The molecule has 0 atom stereocenters. The Bertz CT molecular complexity index is 2500. The van der Waals surface area contributed by atoms with Gasteiger partial charge in [-0.05, 0) is 78.2 Å². The van der Waals surface area contributed by atoms with Gasteiger partial charge in [0.15, 0.2) is 0 Å². The number of fused-ring (bicyclic) bond motifs is 6. The Hall–Kier alpha value is -5.87. The van der Waals surface area contributed by atoms with E-state index in [4.69, 9.17) is 0 Å². The first-order chi connectivity index (χ1) is 21.8. The summed E-state index contributed by atoms with van der Waals surface area (Å²) in [5.41, 5.74) is 6.40. The minimum Gasteiger partial charge on any atom is -0.308 e. The van der Waals surface area contributed by atoms with Crippen LogP contribution < -0.4 is 0 Å². The van der Waals surface area contributed by atoms with E-state index in [1.807, 2.05) is 73.7 Å². The Balaban J connectivity index is 1.57. The van der Waals surface area contributed by atoms with Crippen molar-refractivity contribution in [2.24, 2.45) is 0 Å². The zero-order valence-electron chi connectivity index (χ0n) is 24.0. The van der Waals surface area contributed by atoms with Gasteiger partial charge < -0.3 is 9.13 Å². The number of nitrogens with zero attached hydrogens (tertiary/aromatic N) is 4. The molecule has 0 saturated heterocycles. The fraction of sp³-hybridized carbons (Fsp3) is 0.0526. The molecule has 0 aliphatic carbocycles. The summed E-state index contributed by atoms with van der Waals surface area (Å²) >= 11 is 0. The molecule has 0 radical (unpaired) electrons. The molecule has 7 heteroatoms. The predicted octanol–water partition coefficient (Wildman–Crippen LogP) is 10.1. The second-order valence-electron chi connectivity index (χ2n) is 11.2. The van der Waals surface area contributed by atoms with Crippen molar-refractivity contribution in [3.8, 4) is 28.6 Å². The Labute approximate surface area is 255 Å². The molecule has 8 aromatic rings. The van der Waals surface area contributed by atoms with Crippen molar-refractivity contribution in [2.75, 3.05) is 0 Å². The number of rotatable bonds is 3. The third-order valence-corrected chi connectivity index (χ3v) is 8.53. The molecule has 0 unspecified atom stereocenters. The van der Waals surface area contributed by atoms with Crippen molar-refractivity contribution in [1.82, 2.24) is 14.1 Å². The summed E-state index contributed by atoms with van der Waals surface area (Å²) in [6, 6.07) is 35.8. The van der Waals surface area contributed by atoms with E-state index in [1.165, 1.54) is 12.1 Å². The maximum absolute atomic E-state index is 14.0. The summed E-state index contributed by atoms with van der Waals surface area (Å²) in [5.74, 6) is 0. The molecule has 5 aromatic carbocycles. The highest BCUT2D eigenvalue weighted by Crippen LogP contribution is 2.41. The second-order valence-corrected chi connectivity index (χ2v) is 11.2. The van der Waals surface area contributed by atoms with E-state index in [9.17, 15) is 18.4 Å². The number of hydrogen-bond acceptors (Lipinski definition) is 2. The van der Waals surface area contributed by atoms with Crippen molar-refractivity contribution in [3.05, 3.63) is 138 Å². The van der Waals surface area contributed by atoms with Crippen molar-refractivity contribution >= 4 is 43.6 Å². The van der Waals surface area contributed by atoms with Gasteiger partial charge in [-0.2, -0.15) is 18.4 Å². The molecule has 3 heterocycles. The lowest BCUT2D eigenvalue weighted by Gasteiger charge is -2.18. The summed E-state index contributed by atoms with van der Waals surface area (Å²) in [6.45, 7) is 2.03. The smallest absolute Gasteiger partial charge is 0.308 e. The topological polar surface area (TPSA) is 46.5 Å². The van der Waals surface area contributed by atoms with Crippen LogP contribution in [-0.2, 0) is 6.18 Å². The molecule has 0 aliphatic heterocycles. The van der Waals surface area contributed by atoms with Crippen LogP contribution in [0, 0.1) is 18.3 Å². The lowest BCUT2D eigenvalue weighted by molar-refractivity contribution is -0.137. The molecule has 4 nitrogen and oxygen atoms in total. The Morgan fingerprint density at radius 3 is 1.71 bits per heavy atom. The van der Waals surface area contributed by atoms with E-state index in [-0.39, 0.29) is 0 Å². The van der Waals surface area contributed by atoms with Gasteiger partial charge in [0.2, 0.25) is 0 Å². The number of hydrogen-bond donors (Lipinski definition) is 0. The van der Waals surface area contributed by atoms with E-state index in [0.717, 1.165) is 49.9 Å². The van der Waals surface area contributed by atoms with Gasteiger partial charge in [0.05, 0.1) is 39.0 Å². The first kappa shape index (κ1) is 26.7. The highest BCUT2D eigenvalue weighted by Gasteiger charge is 2.31. The summed E-state index contributed by atoms with van der Waals surface area (Å²) in [7, 11) is 0. The average Bonchev–Trinajstić information content (AvgIpc) is 3.56. The van der Waals surface area contributed by atoms with Crippen LogP contribution in [0.25, 0.3) is 66.1 Å². The lowest BCUT2D eigenvalue weighted by atomic mass is 10.0. The van der Waals surface area contributed by atoms with E-state index in [0.29, 0.717) is 33.4 Å². The minimum absolute atomic E-state index is 0.344. The van der Waals surface area contributed by atoms with Crippen LogP contribution >= 0.6 is 0 Å². The van der Waals surface area contributed by atoms with E-state index in [2.05, 4.69) is 39.9 Å². The van der Waals surface area contributed by atoms with Gasteiger partial charge in [-0.25, -0.2) is 0 Å². The Morgan fingerprint density at radius 2 is 1.13 bits per heavy atom. The highest BCUT2D eigenvalue weighted by atomic mass is 19.4. The number of aryl methyl sites for hydroxylation is 1. The zero-order chi connectivity index (χ0) is 30.9. The van der Waals surface area contributed by atoms with Crippen LogP contribution in [0.15, 0.2) is 122 Å². The number of alkyl halides is 3. The van der Waals surface area contributed by atoms with Crippen LogP contribution in [0.1, 0.15) is 16.7 Å². The summed E-state index contributed by atoms with van der Waals surface area (Å²) in [5, 5.41) is 14.5. The predicted molar refractivity (Wildman–Crippen MR) is 173 cm³/mol. The fourth-order valence-corrected chi connectivity index (χ4v) is 6.54. The Morgan fingerprint density at radius 1 is 0.600 bits per heavy atom. The molecule has 0 saturated carbocycles. The number of pyridine rings is 1. The summed E-state index contributed by atoms with van der Waals surface area (Å²) < 4.78 is 46.0. The molecule has 8 rings (SSSR count). The molecule has 0 spiro atoms. The first-order valence-corrected chi connectivity index (χ1v) is 14.4. The van der Waals surface area contributed by atoms with Gasteiger partial charge in [-0.1, -0.05) is 54.6 Å². The number of para-hydroxylation sites is 2. The lowest BCUT2D eigenvalue weighted by Crippen LogP contribution is -2.07. The maximum Gasteiger partial charge on any atom is 0.416 e. The molecule has 45 heavy (non-hydrogen) atoms. The minimum atomic E-state index is -4.53. The standard InChI is InChI=1S/C38H23F3N4/c1-23-10-12-29-27-6-2-4-8-32(27)44(34(29)18-23)35-19-25(24-14-16-43-17-15-24)20-36(31(35)22-42)45-33-9-5-3-7-28(33)30-13-11-26(21-37(30)45)38(39,40)41/h2-21H,1H3. The van der Waals surface area contributed by atoms with Gasteiger partial charge in [-0.3, -0.25) is 4.98 Å². The van der Waals surface area contributed by atoms with E-state index < -0.39 is 11.7 Å². The van der Waals surface area contributed by atoms with Gasteiger partial charge in [0.1, 0.15) is 11.6 Å². The quantitative estimate of drug-likeness (QED) is 0.205. The van der Waals surface area contributed by atoms with Crippen molar-refractivity contribution in [3.63, 3.8) is 0 Å². The number of aromatic nitrogens is 3. The van der Waals surface area contributed by atoms with Crippen LogP contribution in [0.5, 0.6) is 0 Å². The molecule has 0 amide bonds. The first-order valence-electron chi connectivity index (χ1n) is 14.4. The van der Waals surface area contributed by atoms with Crippen LogP contribution in [0.4, 0.5) is 13.2 Å². The van der Waals surface area contributed by atoms with Crippen LogP contribution in [-0.4, -0.2) is 14.1 Å². The van der Waals surface area contributed by atoms with Gasteiger partial charge in [-0.15, -0.1) is 0 Å². The Kier molecular flexibility index (Phi) is 5.84. The maximum atomic E-state index is 14.0. The molecule has 0 aliphatic rings. The normalized spacial score (nSPS) is 12.0. The number of nitriles is 1. The molecule has 216 valence electrons. The van der Waals surface area contributed by atoms with Crippen LogP contribution in [0.3, 0.4) is 0 Å². The number of benzene rings is 5. The third kappa shape index (κ3) is 4.10.